The molecule has 50 heavy (non-hydrogen) atoms. The van der Waals surface area contributed by atoms with E-state index in [0.29, 0.717) is 19.6 Å². The van der Waals surface area contributed by atoms with Gasteiger partial charge in [-0.2, -0.15) is 0 Å². The van der Waals surface area contributed by atoms with E-state index in [1.165, 1.54) is 16.7 Å². The summed E-state index contributed by atoms with van der Waals surface area (Å²) in [7, 11) is -2.23. The van der Waals surface area contributed by atoms with E-state index in [-0.39, 0.29) is 12.0 Å². The van der Waals surface area contributed by atoms with E-state index >= 15 is 0 Å². The molecule has 0 bridgehead atoms. The maximum atomic E-state index is 10.7. The molecule has 7 nitrogen and oxygen atoms in total. The molecule has 0 aliphatic carbocycles. The maximum absolute atomic E-state index is 10.7. The third-order valence-electron chi connectivity index (χ3n) is 7.81. The third kappa shape index (κ3) is 11.6. The topological polar surface area (TPSA) is 81.6 Å². The molecule has 0 spiro atoms. The van der Waals surface area contributed by atoms with Gasteiger partial charge in [-0.3, -0.25) is 9.68 Å². The zero-order chi connectivity index (χ0) is 36.2. The fraction of sp³-hybridized carbons (Fsp3) is 0.238. The lowest BCUT2D eigenvalue weighted by molar-refractivity contribution is -0.892. The van der Waals surface area contributed by atoms with Crippen molar-refractivity contribution in [2.24, 2.45) is 0 Å². The molecule has 2 heterocycles. The fourth-order valence-electron chi connectivity index (χ4n) is 5.64. The molecule has 260 valence electrons. The van der Waals surface area contributed by atoms with E-state index in [9.17, 15) is 10.0 Å². The summed E-state index contributed by atoms with van der Waals surface area (Å²) in [5.41, 5.74) is 7.20. The molecule has 0 amide bonds. The maximum Gasteiger partial charge on any atom is 0.259 e. The average Bonchev–Trinajstić information content (AvgIpc) is 3.14. The molecular formula is C42H49BN2O5. The van der Waals surface area contributed by atoms with Gasteiger partial charge >= 0.3 is 0 Å². The van der Waals surface area contributed by atoms with Crippen molar-refractivity contribution in [3.63, 3.8) is 0 Å². The van der Waals surface area contributed by atoms with Crippen LogP contribution in [0.5, 0.6) is 0 Å². The molecule has 0 unspecified atom stereocenters. The number of allylic oxidation sites excluding steroid dienone is 2. The number of aromatic nitrogens is 2. The van der Waals surface area contributed by atoms with Crippen LogP contribution in [0.4, 0.5) is 0 Å². The van der Waals surface area contributed by atoms with Crippen LogP contribution in [0, 0.1) is 0 Å². The molecular weight excluding hydrogens is 623 g/mol. The van der Waals surface area contributed by atoms with E-state index in [1.807, 2.05) is 131 Å². The van der Waals surface area contributed by atoms with Crippen LogP contribution in [-0.4, -0.2) is 27.1 Å². The van der Waals surface area contributed by atoms with E-state index in [2.05, 4.69) is 49.6 Å². The molecule has 5 aromatic rings. The van der Waals surface area contributed by atoms with Crippen LogP contribution in [-0.2, 0) is 10.1 Å². The highest BCUT2D eigenvalue weighted by Crippen LogP contribution is 2.42. The summed E-state index contributed by atoms with van der Waals surface area (Å²) in [5, 5.41) is 21.4. The molecule has 5 rings (SSSR count). The van der Waals surface area contributed by atoms with Gasteiger partial charge in [0.25, 0.3) is 11.4 Å². The summed E-state index contributed by atoms with van der Waals surface area (Å²) < 4.78 is 8.21. The van der Waals surface area contributed by atoms with Gasteiger partial charge in [-0.05, 0) is 69.4 Å². The van der Waals surface area contributed by atoms with Crippen molar-refractivity contribution in [2.45, 2.75) is 46.0 Å². The molecule has 0 saturated heterocycles. The molecule has 0 radical (unpaired) electrons. The minimum atomic E-state index is -2.23. The van der Waals surface area contributed by atoms with Crippen molar-refractivity contribution in [1.29, 1.82) is 0 Å². The number of rotatable bonds is 14. The van der Waals surface area contributed by atoms with Crippen LogP contribution >= 0.6 is 0 Å². The Labute approximate surface area is 298 Å². The standard InChI is InChI=1S/C22H21BO3.2C10H14NO/c24-23(25)26-18-10-17-22(19-11-4-1-5-12-19,20-13-6-2-7-14-20)21-15-8-3-9-16-21;2*1-4-12-11-8-6-5-7-10(11)9(2)3/h1-9,11-16H,10,17-18H2;2*5-8H,2,4H2,1,3H3/q-2;2*+1. The van der Waals surface area contributed by atoms with Gasteiger partial charge in [0.1, 0.15) is 0 Å². The van der Waals surface area contributed by atoms with Crippen molar-refractivity contribution in [2.75, 3.05) is 19.8 Å². The summed E-state index contributed by atoms with van der Waals surface area (Å²) in [6.07, 6.45) is 5.11. The predicted molar refractivity (Wildman–Crippen MR) is 197 cm³/mol. The summed E-state index contributed by atoms with van der Waals surface area (Å²) in [4.78, 5) is 10.7. The van der Waals surface area contributed by atoms with Crippen molar-refractivity contribution < 1.29 is 33.8 Å². The van der Waals surface area contributed by atoms with E-state index in [1.54, 1.807) is 9.46 Å². The van der Waals surface area contributed by atoms with Crippen molar-refractivity contribution in [1.82, 2.24) is 0 Å². The number of hydrogen-bond donors (Lipinski definition) is 0. The van der Waals surface area contributed by atoms with Gasteiger partial charge in [-0.1, -0.05) is 104 Å². The lowest BCUT2D eigenvalue weighted by atomic mass is 9.67. The number of pyridine rings is 2. The molecule has 8 heteroatoms. The summed E-state index contributed by atoms with van der Waals surface area (Å²) in [6.45, 7) is 17.1. The van der Waals surface area contributed by atoms with Crippen LogP contribution in [0.2, 0.25) is 0 Å². The number of benzene rings is 3. The number of nitrogens with zero attached hydrogens (tertiary/aromatic N) is 2. The van der Waals surface area contributed by atoms with Crippen molar-refractivity contribution in [3.8, 4) is 0 Å². The zero-order valence-electron chi connectivity index (χ0n) is 29.7. The minimum absolute atomic E-state index is 0.159. The van der Waals surface area contributed by atoms with Gasteiger partial charge in [0.15, 0.2) is 13.2 Å². The van der Waals surface area contributed by atoms with Gasteiger partial charge in [0.05, 0.1) is 7.32 Å². The second-order valence-electron chi connectivity index (χ2n) is 11.5. The molecule has 0 N–H and O–H groups in total. The van der Waals surface area contributed by atoms with Gasteiger partial charge in [0.2, 0.25) is 12.4 Å². The SMILES string of the molecule is C=C(C)c1cccc[n+]1OCC.C=C(C)c1cccc[n+]1OCC.[O-]B([O-])OCCCC(c1ccccc1)(c1ccccc1)c1ccccc1. The molecule has 0 saturated carbocycles. The Morgan fingerprint density at radius 2 is 0.960 bits per heavy atom. The Morgan fingerprint density at radius 1 is 0.600 bits per heavy atom. The van der Waals surface area contributed by atoms with Crippen LogP contribution in [0.3, 0.4) is 0 Å². The third-order valence-corrected chi connectivity index (χ3v) is 7.81. The molecule has 0 aliphatic heterocycles. The van der Waals surface area contributed by atoms with Crippen molar-refractivity contribution in [3.05, 3.63) is 181 Å². The molecule has 0 atom stereocenters. The highest BCUT2D eigenvalue weighted by Gasteiger charge is 2.35. The first-order valence-corrected chi connectivity index (χ1v) is 16.9. The van der Waals surface area contributed by atoms with Crippen molar-refractivity contribution >= 4 is 18.5 Å². The van der Waals surface area contributed by atoms with Crippen LogP contribution in [0.1, 0.15) is 68.6 Å². The van der Waals surface area contributed by atoms with E-state index in [4.69, 9.17) is 14.3 Å². The van der Waals surface area contributed by atoms with Gasteiger partial charge in [0, 0.05) is 56.9 Å². The minimum Gasteiger partial charge on any atom is -0.871 e. The number of hydrogen-bond acceptors (Lipinski definition) is 5. The Kier molecular flexibility index (Phi) is 16.7. The Morgan fingerprint density at radius 3 is 1.28 bits per heavy atom. The lowest BCUT2D eigenvalue weighted by Gasteiger charge is -2.37. The van der Waals surface area contributed by atoms with E-state index in [0.717, 1.165) is 29.0 Å². The quantitative estimate of drug-likeness (QED) is 0.0680. The Hall–Kier alpha value is -5.02. The molecule has 0 aliphatic rings. The van der Waals surface area contributed by atoms with Gasteiger partial charge in [-0.25, -0.2) is 0 Å². The summed E-state index contributed by atoms with van der Waals surface area (Å²) in [5.74, 6) is 0. The zero-order valence-corrected chi connectivity index (χ0v) is 29.7. The first-order chi connectivity index (χ1) is 24.2. The normalized spacial score (nSPS) is 10.4. The van der Waals surface area contributed by atoms with Gasteiger partial charge in [-0.15, -0.1) is 0 Å². The monoisotopic (exact) mass is 672 g/mol. The summed E-state index contributed by atoms with van der Waals surface area (Å²) in [6, 6.07) is 42.8. The molecule has 3 aromatic carbocycles. The lowest BCUT2D eigenvalue weighted by Crippen LogP contribution is -2.48. The second-order valence-corrected chi connectivity index (χ2v) is 11.5. The van der Waals surface area contributed by atoms with E-state index < -0.39 is 7.32 Å². The van der Waals surface area contributed by atoms with Crippen LogP contribution < -0.4 is 29.2 Å². The van der Waals surface area contributed by atoms with Crippen LogP contribution in [0.15, 0.2) is 153 Å². The Balaban J connectivity index is 0.000000234. The molecule has 0 fully saturated rings. The largest absolute Gasteiger partial charge is 0.871 e. The Bertz CT molecular complexity index is 1560. The smallest absolute Gasteiger partial charge is 0.259 e. The second kappa shape index (κ2) is 21.2. The highest BCUT2D eigenvalue weighted by molar-refractivity contribution is 6.28. The fourth-order valence-corrected chi connectivity index (χ4v) is 5.64. The molecule has 2 aromatic heterocycles. The first-order valence-electron chi connectivity index (χ1n) is 16.9. The summed E-state index contributed by atoms with van der Waals surface area (Å²) >= 11 is 0. The van der Waals surface area contributed by atoms with Gasteiger partial charge < -0.3 is 14.7 Å². The average molecular weight is 673 g/mol. The highest BCUT2D eigenvalue weighted by atomic mass is 16.7. The first kappa shape index (κ1) is 39.4. The predicted octanol–water partition coefficient (Wildman–Crippen LogP) is 5.43. The van der Waals surface area contributed by atoms with Crippen LogP contribution in [0.25, 0.3) is 11.1 Å².